The van der Waals surface area contributed by atoms with Crippen LogP contribution < -0.4 is 5.56 Å². The molecule has 4 nitrogen and oxygen atoms in total. The fourth-order valence-electron chi connectivity index (χ4n) is 0.869. The highest BCUT2D eigenvalue weighted by Gasteiger charge is 1.99. The van der Waals surface area contributed by atoms with Crippen molar-refractivity contribution in [3.63, 3.8) is 0 Å². The normalized spacial score (nSPS) is 10.0. The largest absolute Gasteiger partial charge is 0.272 e. The molecule has 0 saturated heterocycles. The third-order valence-corrected chi connectivity index (χ3v) is 1.56. The molecule has 1 aromatic rings. The molecule has 0 fully saturated rings. The fourth-order valence-corrected chi connectivity index (χ4v) is 0.869. The fraction of sp³-hybridized carbons (Fsp3) is 0.571. The minimum atomic E-state index is -0.0231. The van der Waals surface area contributed by atoms with E-state index in [4.69, 9.17) is 0 Å². The Morgan fingerprint density at radius 1 is 1.55 bits per heavy atom. The number of aromatic nitrogens is 3. The Morgan fingerprint density at radius 2 is 2.27 bits per heavy atom. The maximum absolute atomic E-state index is 11.3. The Kier molecular flexibility index (Phi) is 2.36. The minimum Gasteiger partial charge on any atom is -0.267 e. The predicted molar refractivity (Wildman–Crippen MR) is 41.3 cm³/mol. The van der Waals surface area contributed by atoms with Crippen molar-refractivity contribution < 1.29 is 0 Å². The van der Waals surface area contributed by atoms with E-state index in [2.05, 4.69) is 10.3 Å². The lowest BCUT2D eigenvalue weighted by atomic mass is 10.3. The van der Waals surface area contributed by atoms with Gasteiger partial charge in [0.1, 0.15) is 0 Å². The maximum atomic E-state index is 11.3. The molecule has 0 aromatic carbocycles. The molecule has 0 N–H and O–H groups in total. The Bertz CT molecular complexity index is 267. The van der Waals surface area contributed by atoms with Gasteiger partial charge in [-0.15, -0.1) is 5.10 Å². The molecule has 0 aliphatic carbocycles. The van der Waals surface area contributed by atoms with Crippen molar-refractivity contribution in [1.82, 2.24) is 15.0 Å². The third-order valence-electron chi connectivity index (χ3n) is 1.56. The number of aryl methyl sites for hydroxylation is 2. The minimum absolute atomic E-state index is 0.0231. The topological polar surface area (TPSA) is 47.8 Å². The first kappa shape index (κ1) is 7.91. The van der Waals surface area contributed by atoms with Gasteiger partial charge in [0.2, 0.25) is 0 Å². The van der Waals surface area contributed by atoms with E-state index < -0.39 is 0 Å². The summed E-state index contributed by atoms with van der Waals surface area (Å²) in [6, 6.07) is 0. The highest BCUT2D eigenvalue weighted by atomic mass is 16.1. The quantitative estimate of drug-likeness (QED) is 0.610. The van der Waals surface area contributed by atoms with Gasteiger partial charge in [-0.2, -0.15) is 0 Å². The molecule has 1 rings (SSSR count). The number of rotatable bonds is 2. The standard InChI is InChI=1S/C7H11N3O/c1-3-6-5-8-9-10(4-2)7(6)11/h5H,3-4H2,1-2H3. The summed E-state index contributed by atoms with van der Waals surface area (Å²) in [5.74, 6) is 0. The van der Waals surface area contributed by atoms with Crippen molar-refractivity contribution in [2.45, 2.75) is 26.8 Å². The van der Waals surface area contributed by atoms with Crippen LogP contribution in [-0.2, 0) is 13.0 Å². The lowest BCUT2D eigenvalue weighted by Gasteiger charge is -1.99. The van der Waals surface area contributed by atoms with Gasteiger partial charge in [0, 0.05) is 12.1 Å². The van der Waals surface area contributed by atoms with E-state index >= 15 is 0 Å². The van der Waals surface area contributed by atoms with Crippen molar-refractivity contribution in [3.05, 3.63) is 22.1 Å². The Morgan fingerprint density at radius 3 is 2.82 bits per heavy atom. The summed E-state index contributed by atoms with van der Waals surface area (Å²) in [4.78, 5) is 11.3. The average Bonchev–Trinajstić information content (AvgIpc) is 2.05. The molecule has 0 aliphatic heterocycles. The molecule has 4 heteroatoms. The zero-order valence-electron chi connectivity index (χ0n) is 6.74. The molecule has 0 radical (unpaired) electrons. The summed E-state index contributed by atoms with van der Waals surface area (Å²) in [5, 5.41) is 7.36. The van der Waals surface area contributed by atoms with Crippen molar-refractivity contribution in [3.8, 4) is 0 Å². The second kappa shape index (κ2) is 3.27. The van der Waals surface area contributed by atoms with Crippen LogP contribution >= 0.6 is 0 Å². The smallest absolute Gasteiger partial charge is 0.267 e. The van der Waals surface area contributed by atoms with Crippen LogP contribution in [0.2, 0.25) is 0 Å². The molecule has 0 amide bonds. The second-order valence-electron chi connectivity index (χ2n) is 2.23. The zero-order valence-corrected chi connectivity index (χ0v) is 6.74. The average molecular weight is 153 g/mol. The van der Waals surface area contributed by atoms with E-state index in [0.29, 0.717) is 13.0 Å². The van der Waals surface area contributed by atoms with Gasteiger partial charge >= 0.3 is 0 Å². The molecule has 0 bridgehead atoms. The van der Waals surface area contributed by atoms with Crippen LogP contribution in [0.3, 0.4) is 0 Å². The highest BCUT2D eigenvalue weighted by Crippen LogP contribution is 1.86. The molecule has 60 valence electrons. The number of hydrogen-bond acceptors (Lipinski definition) is 3. The molecule has 0 spiro atoms. The Labute approximate surface area is 64.9 Å². The van der Waals surface area contributed by atoms with Gasteiger partial charge in [0.05, 0.1) is 6.20 Å². The SMILES string of the molecule is CCc1cnnn(CC)c1=O. The van der Waals surface area contributed by atoms with Gasteiger partial charge in [0.25, 0.3) is 5.56 Å². The molecule has 1 heterocycles. The van der Waals surface area contributed by atoms with Gasteiger partial charge in [-0.1, -0.05) is 12.1 Å². The van der Waals surface area contributed by atoms with Gasteiger partial charge < -0.3 is 0 Å². The molecule has 0 saturated carbocycles. The first-order chi connectivity index (χ1) is 5.29. The lowest BCUT2D eigenvalue weighted by Crippen LogP contribution is -2.25. The summed E-state index contributed by atoms with van der Waals surface area (Å²) in [6.45, 7) is 4.38. The third kappa shape index (κ3) is 1.45. The van der Waals surface area contributed by atoms with Crippen molar-refractivity contribution in [2.24, 2.45) is 0 Å². The van der Waals surface area contributed by atoms with Gasteiger partial charge in [-0.05, 0) is 13.3 Å². The molecule has 0 unspecified atom stereocenters. The summed E-state index contributed by atoms with van der Waals surface area (Å²) in [6.07, 6.45) is 2.24. The first-order valence-electron chi connectivity index (χ1n) is 3.71. The molecule has 0 atom stereocenters. The molecule has 0 aliphatic rings. The predicted octanol–water partition coefficient (Wildman–Crippen LogP) is 0.221. The first-order valence-corrected chi connectivity index (χ1v) is 3.71. The van der Waals surface area contributed by atoms with E-state index in [1.54, 1.807) is 0 Å². The maximum Gasteiger partial charge on any atom is 0.272 e. The summed E-state index contributed by atoms with van der Waals surface area (Å²) in [7, 11) is 0. The van der Waals surface area contributed by atoms with Gasteiger partial charge in [-0.3, -0.25) is 4.79 Å². The summed E-state index contributed by atoms with van der Waals surface area (Å²) in [5.41, 5.74) is 0.701. The summed E-state index contributed by atoms with van der Waals surface area (Å²) < 4.78 is 1.36. The van der Waals surface area contributed by atoms with Crippen molar-refractivity contribution in [1.29, 1.82) is 0 Å². The van der Waals surface area contributed by atoms with Gasteiger partial charge in [-0.25, -0.2) is 4.68 Å². The van der Waals surface area contributed by atoms with E-state index in [1.165, 1.54) is 10.9 Å². The van der Waals surface area contributed by atoms with Crippen LogP contribution in [0.4, 0.5) is 0 Å². The summed E-state index contributed by atoms with van der Waals surface area (Å²) >= 11 is 0. The van der Waals surface area contributed by atoms with Crippen LogP contribution in [0.5, 0.6) is 0 Å². The van der Waals surface area contributed by atoms with Gasteiger partial charge in [0.15, 0.2) is 0 Å². The Hall–Kier alpha value is -1.19. The second-order valence-corrected chi connectivity index (χ2v) is 2.23. The monoisotopic (exact) mass is 153 g/mol. The van der Waals surface area contributed by atoms with E-state index in [1.807, 2.05) is 13.8 Å². The lowest BCUT2D eigenvalue weighted by molar-refractivity contribution is 0.560. The molecular weight excluding hydrogens is 142 g/mol. The molecule has 11 heavy (non-hydrogen) atoms. The van der Waals surface area contributed by atoms with E-state index in [-0.39, 0.29) is 5.56 Å². The van der Waals surface area contributed by atoms with Crippen molar-refractivity contribution in [2.75, 3.05) is 0 Å². The number of hydrogen-bond donors (Lipinski definition) is 0. The van der Waals surface area contributed by atoms with E-state index in [9.17, 15) is 4.79 Å². The van der Waals surface area contributed by atoms with Crippen LogP contribution in [0.15, 0.2) is 11.0 Å². The van der Waals surface area contributed by atoms with Crippen LogP contribution in [0.25, 0.3) is 0 Å². The molecule has 1 aromatic heterocycles. The van der Waals surface area contributed by atoms with Crippen LogP contribution in [0, 0.1) is 0 Å². The van der Waals surface area contributed by atoms with Crippen LogP contribution in [0.1, 0.15) is 19.4 Å². The highest BCUT2D eigenvalue weighted by molar-refractivity contribution is 5.01. The Balaban J connectivity index is 3.21. The zero-order chi connectivity index (χ0) is 8.27. The molecular formula is C7H11N3O. The van der Waals surface area contributed by atoms with Crippen molar-refractivity contribution >= 4 is 0 Å². The number of nitrogens with zero attached hydrogens (tertiary/aromatic N) is 3. The van der Waals surface area contributed by atoms with Crippen LogP contribution in [-0.4, -0.2) is 15.0 Å². The van der Waals surface area contributed by atoms with E-state index in [0.717, 1.165) is 5.56 Å².